The Labute approximate surface area is 147 Å². The lowest BCUT2D eigenvalue weighted by molar-refractivity contribution is -0.383. The highest BCUT2D eigenvalue weighted by Crippen LogP contribution is 2.28. The maximum absolute atomic E-state index is 12.2. The molecule has 6 nitrogen and oxygen atoms in total. The number of rotatable bonds is 4. The average Bonchev–Trinajstić information content (AvgIpc) is 2.54. The molecule has 1 amide bonds. The normalized spacial score (nSPS) is 10.8. The van der Waals surface area contributed by atoms with Gasteiger partial charge in [0, 0.05) is 16.1 Å². The van der Waals surface area contributed by atoms with Crippen LogP contribution in [-0.4, -0.2) is 10.8 Å². The molecule has 24 heavy (non-hydrogen) atoms. The van der Waals surface area contributed by atoms with Gasteiger partial charge in [-0.3, -0.25) is 14.9 Å². The number of hydrogen-bond donors (Lipinski definition) is 1. The predicted octanol–water partition coefficient (Wildman–Crippen LogP) is 4.45. The minimum absolute atomic E-state index is 0.0540. The molecule has 0 atom stereocenters. The zero-order chi connectivity index (χ0) is 17.7. The largest absolute Gasteiger partial charge is 0.316 e. The summed E-state index contributed by atoms with van der Waals surface area (Å²) in [7, 11) is 0. The minimum Gasteiger partial charge on any atom is -0.316 e. The van der Waals surface area contributed by atoms with Gasteiger partial charge in [0.1, 0.15) is 17.3 Å². The van der Waals surface area contributed by atoms with Crippen molar-refractivity contribution in [3.8, 4) is 6.07 Å². The SMILES string of the molecule is N#CC(=Cc1cccc(Cl)c1)C(=O)Nc1ccc(Cl)cc1[N+](=O)[O-]. The van der Waals surface area contributed by atoms with Gasteiger partial charge in [0.25, 0.3) is 11.6 Å². The van der Waals surface area contributed by atoms with Crippen molar-refractivity contribution in [2.75, 3.05) is 5.32 Å². The highest BCUT2D eigenvalue weighted by atomic mass is 35.5. The van der Waals surface area contributed by atoms with Gasteiger partial charge < -0.3 is 5.32 Å². The van der Waals surface area contributed by atoms with Gasteiger partial charge in [0.2, 0.25) is 0 Å². The van der Waals surface area contributed by atoms with E-state index in [0.29, 0.717) is 10.6 Å². The van der Waals surface area contributed by atoms with Gasteiger partial charge in [-0.25, -0.2) is 0 Å². The van der Waals surface area contributed by atoms with E-state index < -0.39 is 10.8 Å². The Kier molecular flexibility index (Phi) is 5.53. The Hall–Kier alpha value is -2.88. The molecule has 0 spiro atoms. The average molecular weight is 362 g/mol. The number of halogens is 2. The first-order chi connectivity index (χ1) is 11.4. The van der Waals surface area contributed by atoms with E-state index in [-0.39, 0.29) is 22.0 Å². The lowest BCUT2D eigenvalue weighted by Gasteiger charge is -2.06. The first kappa shape index (κ1) is 17.5. The van der Waals surface area contributed by atoms with Crippen LogP contribution < -0.4 is 5.32 Å². The summed E-state index contributed by atoms with van der Waals surface area (Å²) < 4.78 is 0. The molecule has 1 N–H and O–H groups in total. The van der Waals surface area contributed by atoms with E-state index in [9.17, 15) is 14.9 Å². The number of nitriles is 1. The second-order valence-corrected chi connectivity index (χ2v) is 5.47. The van der Waals surface area contributed by atoms with Crippen LogP contribution in [0, 0.1) is 21.4 Å². The van der Waals surface area contributed by atoms with Crippen LogP contribution >= 0.6 is 23.2 Å². The van der Waals surface area contributed by atoms with E-state index in [1.807, 2.05) is 0 Å². The standard InChI is InChI=1S/C16H9Cl2N3O3/c17-12-3-1-2-10(7-12)6-11(9-19)16(22)20-14-5-4-13(18)8-15(14)21(23)24/h1-8H,(H,20,22). The molecule has 0 aliphatic carbocycles. The zero-order valence-electron chi connectivity index (χ0n) is 12.0. The molecule has 8 heteroatoms. The molecule has 0 aliphatic rings. The topological polar surface area (TPSA) is 96.0 Å². The third-order valence-corrected chi connectivity index (χ3v) is 3.40. The number of amides is 1. The predicted molar refractivity (Wildman–Crippen MR) is 91.8 cm³/mol. The van der Waals surface area contributed by atoms with E-state index in [4.69, 9.17) is 28.5 Å². The highest BCUT2D eigenvalue weighted by molar-refractivity contribution is 6.31. The van der Waals surface area contributed by atoms with Crippen LogP contribution in [0.5, 0.6) is 0 Å². The molecule has 0 saturated heterocycles. The van der Waals surface area contributed by atoms with Gasteiger partial charge in [0.05, 0.1) is 4.92 Å². The maximum atomic E-state index is 12.2. The molecule has 120 valence electrons. The number of nitrogens with one attached hydrogen (secondary N) is 1. The summed E-state index contributed by atoms with van der Waals surface area (Å²) in [6.45, 7) is 0. The Bertz CT molecular complexity index is 888. The van der Waals surface area contributed by atoms with Crippen molar-refractivity contribution in [1.29, 1.82) is 5.26 Å². The summed E-state index contributed by atoms with van der Waals surface area (Å²) in [5.41, 5.74) is -0.0844. The Balaban J connectivity index is 2.31. The lowest BCUT2D eigenvalue weighted by atomic mass is 10.1. The molecule has 0 radical (unpaired) electrons. The molecule has 0 fully saturated rings. The number of nitro groups is 1. The van der Waals surface area contributed by atoms with Crippen molar-refractivity contribution in [1.82, 2.24) is 0 Å². The molecule has 2 aromatic rings. The summed E-state index contributed by atoms with van der Waals surface area (Å²) in [5, 5.41) is 23.1. The number of nitrogens with zero attached hydrogens (tertiary/aromatic N) is 2. The molecule has 0 heterocycles. The molecule has 2 aromatic carbocycles. The maximum Gasteiger partial charge on any atom is 0.294 e. The molecule has 0 aromatic heterocycles. The van der Waals surface area contributed by atoms with Crippen LogP contribution in [0.1, 0.15) is 5.56 Å². The fourth-order valence-corrected chi connectivity index (χ4v) is 2.23. The third kappa shape index (κ3) is 4.32. The highest BCUT2D eigenvalue weighted by Gasteiger charge is 2.18. The van der Waals surface area contributed by atoms with Gasteiger partial charge in [-0.1, -0.05) is 35.3 Å². The number of anilines is 1. The first-order valence-electron chi connectivity index (χ1n) is 6.53. The first-order valence-corrected chi connectivity index (χ1v) is 7.29. The minimum atomic E-state index is -0.775. The summed E-state index contributed by atoms with van der Waals surface area (Å²) in [6.07, 6.45) is 1.34. The smallest absolute Gasteiger partial charge is 0.294 e. The molecular weight excluding hydrogens is 353 g/mol. The summed E-state index contributed by atoms with van der Waals surface area (Å²) in [5.74, 6) is -0.775. The van der Waals surface area contributed by atoms with Gasteiger partial charge in [-0.15, -0.1) is 0 Å². The van der Waals surface area contributed by atoms with Gasteiger partial charge in [-0.05, 0) is 35.9 Å². The lowest BCUT2D eigenvalue weighted by Crippen LogP contribution is -2.14. The van der Waals surface area contributed by atoms with Crippen molar-refractivity contribution in [2.45, 2.75) is 0 Å². The molecule has 2 rings (SSSR count). The number of carbonyl (C=O) groups excluding carboxylic acids is 1. The van der Waals surface area contributed by atoms with Crippen LogP contribution in [0.4, 0.5) is 11.4 Å². The Morgan fingerprint density at radius 3 is 2.54 bits per heavy atom. The van der Waals surface area contributed by atoms with Gasteiger partial charge in [-0.2, -0.15) is 5.26 Å². The third-order valence-electron chi connectivity index (χ3n) is 2.93. The monoisotopic (exact) mass is 361 g/mol. The van der Waals surface area contributed by atoms with E-state index in [1.165, 1.54) is 18.2 Å². The number of nitro benzene ring substituents is 1. The van der Waals surface area contributed by atoms with Crippen LogP contribution in [0.25, 0.3) is 6.08 Å². The molecule has 0 bridgehead atoms. The van der Waals surface area contributed by atoms with Gasteiger partial charge in [0.15, 0.2) is 0 Å². The zero-order valence-corrected chi connectivity index (χ0v) is 13.5. The fraction of sp³-hybridized carbons (Fsp3) is 0. The van der Waals surface area contributed by atoms with E-state index in [2.05, 4.69) is 5.32 Å². The van der Waals surface area contributed by atoms with Crippen LogP contribution in [0.15, 0.2) is 48.0 Å². The van der Waals surface area contributed by atoms with Crippen molar-refractivity contribution >= 4 is 46.6 Å². The summed E-state index contributed by atoms with van der Waals surface area (Å²) in [6, 6.07) is 12.1. The second-order valence-electron chi connectivity index (χ2n) is 4.60. The van der Waals surface area contributed by atoms with E-state index in [0.717, 1.165) is 6.07 Å². The van der Waals surface area contributed by atoms with Crippen LogP contribution in [0.3, 0.4) is 0 Å². The summed E-state index contributed by atoms with van der Waals surface area (Å²) >= 11 is 11.6. The molecular formula is C16H9Cl2N3O3. The van der Waals surface area contributed by atoms with E-state index >= 15 is 0 Å². The number of benzene rings is 2. The molecule has 0 saturated carbocycles. The van der Waals surface area contributed by atoms with Crippen molar-refractivity contribution < 1.29 is 9.72 Å². The van der Waals surface area contributed by atoms with Crippen LogP contribution in [0.2, 0.25) is 10.0 Å². The van der Waals surface area contributed by atoms with Gasteiger partial charge >= 0.3 is 0 Å². The van der Waals surface area contributed by atoms with Crippen LogP contribution in [-0.2, 0) is 4.79 Å². The van der Waals surface area contributed by atoms with E-state index in [1.54, 1.807) is 30.3 Å². The second kappa shape index (κ2) is 7.59. The number of carbonyl (C=O) groups is 1. The quantitative estimate of drug-likeness (QED) is 0.376. The fourth-order valence-electron chi connectivity index (χ4n) is 1.86. The van der Waals surface area contributed by atoms with Crippen molar-refractivity contribution in [3.63, 3.8) is 0 Å². The Morgan fingerprint density at radius 1 is 1.21 bits per heavy atom. The molecule has 0 unspecified atom stereocenters. The van der Waals surface area contributed by atoms with Crippen molar-refractivity contribution in [3.05, 3.63) is 73.8 Å². The molecule has 0 aliphatic heterocycles. The van der Waals surface area contributed by atoms with Crippen molar-refractivity contribution in [2.24, 2.45) is 0 Å². The Morgan fingerprint density at radius 2 is 1.92 bits per heavy atom. The number of hydrogen-bond acceptors (Lipinski definition) is 4. The summed E-state index contributed by atoms with van der Waals surface area (Å²) in [4.78, 5) is 22.6.